The zero-order valence-electron chi connectivity index (χ0n) is 15.4. The summed E-state index contributed by atoms with van der Waals surface area (Å²) in [5, 5.41) is 12.2. The van der Waals surface area contributed by atoms with Crippen LogP contribution in [0.25, 0.3) is 6.08 Å². The Bertz CT molecular complexity index is 920. The van der Waals surface area contributed by atoms with Gasteiger partial charge in [0.2, 0.25) is 0 Å². The molecule has 0 fully saturated rings. The van der Waals surface area contributed by atoms with Gasteiger partial charge in [-0.3, -0.25) is 4.79 Å². The van der Waals surface area contributed by atoms with E-state index in [0.29, 0.717) is 15.8 Å². The van der Waals surface area contributed by atoms with Gasteiger partial charge in [-0.15, -0.1) is 0 Å². The highest BCUT2D eigenvalue weighted by molar-refractivity contribution is 9.10. The molecule has 0 aliphatic heterocycles. The van der Waals surface area contributed by atoms with Crippen LogP contribution in [0.3, 0.4) is 0 Å². The van der Waals surface area contributed by atoms with E-state index in [1.165, 1.54) is 13.2 Å². The molecule has 1 N–H and O–H groups in total. The maximum Gasteiger partial charge on any atom is 0.343 e. The first-order chi connectivity index (χ1) is 13.4. The maximum atomic E-state index is 12.4. The molecule has 2 aromatic carbocycles. The van der Waals surface area contributed by atoms with Crippen LogP contribution in [0.1, 0.15) is 24.1 Å². The van der Waals surface area contributed by atoms with Crippen molar-refractivity contribution in [2.24, 2.45) is 0 Å². The van der Waals surface area contributed by atoms with Gasteiger partial charge in [0.1, 0.15) is 17.4 Å². The summed E-state index contributed by atoms with van der Waals surface area (Å²) in [6, 6.07) is 16.2. The molecule has 1 atom stereocenters. The summed E-state index contributed by atoms with van der Waals surface area (Å²) in [4.78, 5) is 23.6. The molecule has 28 heavy (non-hydrogen) atoms. The molecule has 2 rings (SSSR count). The Balaban J connectivity index is 2.10. The predicted molar refractivity (Wildman–Crippen MR) is 108 cm³/mol. The first-order valence-corrected chi connectivity index (χ1v) is 9.20. The van der Waals surface area contributed by atoms with E-state index in [4.69, 9.17) is 4.74 Å². The second-order valence-electron chi connectivity index (χ2n) is 5.83. The molecule has 0 spiro atoms. The molecule has 144 valence electrons. The van der Waals surface area contributed by atoms with Gasteiger partial charge in [0, 0.05) is 0 Å². The molecule has 7 heteroatoms. The Hall–Kier alpha value is -3.11. The molecule has 0 heterocycles. The van der Waals surface area contributed by atoms with E-state index in [9.17, 15) is 14.9 Å². The van der Waals surface area contributed by atoms with Crippen molar-refractivity contribution in [2.45, 2.75) is 13.0 Å². The Morgan fingerprint density at radius 3 is 2.57 bits per heavy atom. The fraction of sp³-hybridized carbons (Fsp3) is 0.190. The van der Waals surface area contributed by atoms with Gasteiger partial charge >= 0.3 is 5.97 Å². The van der Waals surface area contributed by atoms with Crippen LogP contribution in [0, 0.1) is 11.3 Å². The molecule has 0 aromatic heterocycles. The number of nitrogens with one attached hydrogen (secondary N) is 1. The van der Waals surface area contributed by atoms with E-state index in [0.717, 1.165) is 5.56 Å². The minimum Gasteiger partial charge on any atom is -0.481 e. The number of ether oxygens (including phenoxy) is 2. The third-order valence-electron chi connectivity index (χ3n) is 3.85. The number of benzene rings is 2. The maximum absolute atomic E-state index is 12.4. The van der Waals surface area contributed by atoms with E-state index >= 15 is 0 Å². The third kappa shape index (κ3) is 5.96. The van der Waals surface area contributed by atoms with Crippen LogP contribution in [0.15, 0.2) is 58.6 Å². The molecule has 0 aliphatic rings. The minimum absolute atomic E-state index is 0.0158. The lowest BCUT2D eigenvalue weighted by molar-refractivity contribution is -0.142. The lowest BCUT2D eigenvalue weighted by Gasteiger charge is -2.14. The van der Waals surface area contributed by atoms with Crippen LogP contribution in [0.4, 0.5) is 0 Å². The molecule has 0 saturated heterocycles. The SMILES string of the molecule is COC(=O)COc1ccc(/C=C(/C#N)C(=O)N[C@@H](C)c2ccccc2)cc1Br. The highest BCUT2D eigenvalue weighted by Crippen LogP contribution is 2.27. The number of methoxy groups -OCH3 is 1. The van der Waals surface area contributed by atoms with Crippen molar-refractivity contribution in [3.05, 3.63) is 69.7 Å². The van der Waals surface area contributed by atoms with Gasteiger partial charge in [0.05, 0.1) is 17.6 Å². The van der Waals surface area contributed by atoms with E-state index in [1.807, 2.05) is 43.3 Å². The first kappa shape index (κ1) is 21.2. The van der Waals surface area contributed by atoms with Crippen LogP contribution >= 0.6 is 15.9 Å². The second kappa shape index (κ2) is 10.3. The molecule has 0 saturated carbocycles. The fourth-order valence-corrected chi connectivity index (χ4v) is 2.85. The zero-order valence-corrected chi connectivity index (χ0v) is 17.0. The summed E-state index contributed by atoms with van der Waals surface area (Å²) >= 11 is 3.35. The average molecular weight is 443 g/mol. The molecule has 0 unspecified atom stereocenters. The minimum atomic E-state index is -0.494. The van der Waals surface area contributed by atoms with Gasteiger partial charge in [-0.25, -0.2) is 4.79 Å². The Morgan fingerprint density at radius 2 is 1.96 bits per heavy atom. The fourth-order valence-electron chi connectivity index (χ4n) is 2.33. The van der Waals surface area contributed by atoms with E-state index in [-0.39, 0.29) is 18.2 Å². The normalized spacial score (nSPS) is 11.9. The summed E-state index contributed by atoms with van der Waals surface area (Å²) in [6.45, 7) is 1.64. The quantitative estimate of drug-likeness (QED) is 0.400. The number of nitrogens with zero attached hydrogens (tertiary/aromatic N) is 1. The van der Waals surface area contributed by atoms with E-state index in [1.54, 1.807) is 18.2 Å². The monoisotopic (exact) mass is 442 g/mol. The van der Waals surface area contributed by atoms with Crippen LogP contribution in [-0.2, 0) is 14.3 Å². The molecular weight excluding hydrogens is 424 g/mol. The number of hydrogen-bond acceptors (Lipinski definition) is 5. The Kier molecular flexibility index (Phi) is 7.78. The number of amides is 1. The van der Waals surface area contributed by atoms with Crippen molar-refractivity contribution in [1.29, 1.82) is 5.26 Å². The molecule has 0 radical (unpaired) electrons. The van der Waals surface area contributed by atoms with Gasteiger partial charge in [-0.1, -0.05) is 36.4 Å². The summed E-state index contributed by atoms with van der Waals surface area (Å²) in [6.07, 6.45) is 1.49. The van der Waals surface area contributed by atoms with Crippen molar-refractivity contribution in [3.63, 3.8) is 0 Å². The Labute approximate surface area is 171 Å². The summed E-state index contributed by atoms with van der Waals surface area (Å²) in [7, 11) is 1.28. The largest absolute Gasteiger partial charge is 0.481 e. The highest BCUT2D eigenvalue weighted by atomic mass is 79.9. The molecule has 6 nitrogen and oxygen atoms in total. The number of esters is 1. The van der Waals surface area contributed by atoms with Crippen molar-refractivity contribution < 1.29 is 19.1 Å². The van der Waals surface area contributed by atoms with Crippen molar-refractivity contribution in [1.82, 2.24) is 5.32 Å². The number of nitriles is 1. The summed E-state index contributed by atoms with van der Waals surface area (Å²) in [5.41, 5.74) is 1.57. The van der Waals surface area contributed by atoms with Gasteiger partial charge in [-0.2, -0.15) is 5.26 Å². The molecule has 1 amide bonds. The number of carbonyl (C=O) groups excluding carboxylic acids is 2. The van der Waals surface area contributed by atoms with E-state index in [2.05, 4.69) is 26.0 Å². The summed E-state index contributed by atoms with van der Waals surface area (Å²) < 4.78 is 10.4. The van der Waals surface area contributed by atoms with Gasteiger partial charge < -0.3 is 14.8 Å². The van der Waals surface area contributed by atoms with Crippen LogP contribution in [0.2, 0.25) is 0 Å². The van der Waals surface area contributed by atoms with Crippen LogP contribution in [0.5, 0.6) is 5.75 Å². The Morgan fingerprint density at radius 1 is 1.25 bits per heavy atom. The van der Waals surface area contributed by atoms with Crippen LogP contribution < -0.4 is 10.1 Å². The number of rotatable bonds is 7. The van der Waals surface area contributed by atoms with Gasteiger partial charge in [0.15, 0.2) is 6.61 Å². The topological polar surface area (TPSA) is 88.4 Å². The second-order valence-corrected chi connectivity index (χ2v) is 6.68. The third-order valence-corrected chi connectivity index (χ3v) is 4.47. The molecule has 0 bridgehead atoms. The van der Waals surface area contributed by atoms with Gasteiger partial charge in [0.25, 0.3) is 5.91 Å². The lowest BCUT2D eigenvalue weighted by atomic mass is 10.1. The summed E-state index contributed by atoms with van der Waals surface area (Å²) in [5.74, 6) is -0.504. The lowest BCUT2D eigenvalue weighted by Crippen LogP contribution is -2.27. The average Bonchev–Trinajstić information content (AvgIpc) is 2.71. The molecule has 2 aromatic rings. The molecule has 0 aliphatic carbocycles. The zero-order chi connectivity index (χ0) is 20.5. The number of carbonyl (C=O) groups is 2. The van der Waals surface area contributed by atoms with Crippen molar-refractivity contribution in [2.75, 3.05) is 13.7 Å². The van der Waals surface area contributed by atoms with Crippen LogP contribution in [-0.4, -0.2) is 25.6 Å². The smallest absolute Gasteiger partial charge is 0.343 e. The van der Waals surface area contributed by atoms with E-state index < -0.39 is 11.9 Å². The van der Waals surface area contributed by atoms with Gasteiger partial charge in [-0.05, 0) is 52.2 Å². The predicted octanol–water partition coefficient (Wildman–Crippen LogP) is 3.79. The number of hydrogen-bond donors (Lipinski definition) is 1. The van der Waals surface area contributed by atoms with Crippen molar-refractivity contribution >= 4 is 33.9 Å². The standard InChI is InChI=1S/C21H19BrN2O4/c1-14(16-6-4-3-5-7-16)24-21(26)17(12-23)10-15-8-9-19(18(22)11-15)28-13-20(25)27-2/h3-11,14H,13H2,1-2H3,(H,24,26)/b17-10-/t14-/m0/s1. The molecular formula is C21H19BrN2O4. The highest BCUT2D eigenvalue weighted by Gasteiger charge is 2.14. The van der Waals surface area contributed by atoms with Crippen molar-refractivity contribution in [3.8, 4) is 11.8 Å². The number of halogens is 1. The first-order valence-electron chi connectivity index (χ1n) is 8.41.